The molecule has 1 heterocycles. The van der Waals surface area contributed by atoms with Gasteiger partial charge in [0.25, 0.3) is 5.91 Å². The Labute approximate surface area is 197 Å². The lowest BCUT2D eigenvalue weighted by Crippen LogP contribution is -2.35. The fourth-order valence-corrected chi connectivity index (χ4v) is 3.64. The van der Waals surface area contributed by atoms with Gasteiger partial charge in [-0.05, 0) is 60.3 Å². The van der Waals surface area contributed by atoms with E-state index in [0.717, 1.165) is 16.1 Å². The van der Waals surface area contributed by atoms with Crippen LogP contribution in [0.2, 0.25) is 0 Å². The quantitative estimate of drug-likeness (QED) is 0.300. The molecule has 0 unspecified atom stereocenters. The van der Waals surface area contributed by atoms with E-state index >= 15 is 0 Å². The van der Waals surface area contributed by atoms with Crippen molar-refractivity contribution < 1.29 is 14.4 Å². The number of benzene rings is 2. The smallest absolute Gasteiger partial charge is 0.255 e. The molecule has 9 heteroatoms. The summed E-state index contributed by atoms with van der Waals surface area (Å²) in [6, 6.07) is 16.8. The lowest BCUT2D eigenvalue weighted by atomic mass is 10.1. The van der Waals surface area contributed by atoms with Crippen LogP contribution in [0.5, 0.6) is 0 Å². The highest BCUT2D eigenvalue weighted by atomic mass is 32.1. The van der Waals surface area contributed by atoms with Crippen LogP contribution in [0.3, 0.4) is 0 Å². The normalized spacial score (nSPS) is 9.79. The maximum absolute atomic E-state index is 12.7. The maximum Gasteiger partial charge on any atom is 0.255 e. The van der Waals surface area contributed by atoms with Crippen molar-refractivity contribution in [2.24, 2.45) is 0 Å². The van der Waals surface area contributed by atoms with E-state index < -0.39 is 0 Å². The summed E-state index contributed by atoms with van der Waals surface area (Å²) < 4.78 is 0. The average Bonchev–Trinajstić information content (AvgIpc) is 3.39. The number of nitrogens with two attached hydrogens (primary N) is 1. The molecule has 5 N–H and O–H groups in total. The zero-order valence-corrected chi connectivity index (χ0v) is 19.7. The third-order valence-electron chi connectivity index (χ3n) is 4.71. The number of carbonyl (C=O) groups excluding carboxylic acids is 3. The van der Waals surface area contributed by atoms with Crippen LogP contribution in [0.1, 0.15) is 17.3 Å². The predicted octanol–water partition coefficient (Wildman–Crippen LogP) is 3.18. The van der Waals surface area contributed by atoms with Crippen molar-refractivity contribution in [1.82, 2.24) is 10.6 Å². The number of hydrogen-bond acceptors (Lipinski definition) is 6. The van der Waals surface area contributed by atoms with Crippen molar-refractivity contribution in [3.8, 4) is 10.4 Å². The number of likely N-dealkylation sites (N-methyl/N-ethyl adjacent to an activating group) is 2. The van der Waals surface area contributed by atoms with Crippen LogP contribution < -0.4 is 26.6 Å². The fourth-order valence-electron chi connectivity index (χ4n) is 2.92. The van der Waals surface area contributed by atoms with E-state index in [-0.39, 0.29) is 18.4 Å². The number of amides is 3. The Kier molecular flexibility index (Phi) is 9.91. The minimum absolute atomic E-state index is 0.0604. The van der Waals surface area contributed by atoms with Crippen molar-refractivity contribution >= 4 is 46.6 Å². The Hall–Kier alpha value is -3.85. The third kappa shape index (κ3) is 7.36. The molecule has 0 bridgehead atoms. The van der Waals surface area contributed by atoms with Gasteiger partial charge in [-0.25, -0.2) is 0 Å². The summed E-state index contributed by atoms with van der Waals surface area (Å²) >= 11 is 1.63. The zero-order chi connectivity index (χ0) is 24.2. The molecule has 1 aromatic heterocycles. The SMILES string of the molecule is CCN(CC(=O)NC)c1ccc(C(=O)Nc2cc(-c3cccs3)ccc2N)cc1.CNC=O. The average molecular weight is 468 g/mol. The minimum Gasteiger partial charge on any atom is -0.397 e. The summed E-state index contributed by atoms with van der Waals surface area (Å²) in [7, 11) is 3.18. The van der Waals surface area contributed by atoms with Crippen LogP contribution in [0.25, 0.3) is 10.4 Å². The molecule has 0 aliphatic rings. The van der Waals surface area contributed by atoms with Gasteiger partial charge >= 0.3 is 0 Å². The molecule has 0 aliphatic carbocycles. The van der Waals surface area contributed by atoms with Crippen molar-refractivity contribution in [3.63, 3.8) is 0 Å². The molecule has 8 nitrogen and oxygen atoms in total. The van der Waals surface area contributed by atoms with E-state index in [4.69, 9.17) is 10.5 Å². The first-order valence-electron chi connectivity index (χ1n) is 10.3. The van der Waals surface area contributed by atoms with E-state index in [1.165, 1.54) is 0 Å². The van der Waals surface area contributed by atoms with E-state index in [0.29, 0.717) is 29.9 Å². The lowest BCUT2D eigenvalue weighted by molar-refractivity contribution is -0.119. The van der Waals surface area contributed by atoms with Crippen LogP contribution >= 0.6 is 11.3 Å². The Bertz CT molecular complexity index is 1050. The summed E-state index contributed by atoms with van der Waals surface area (Å²) in [5.74, 6) is -0.296. The summed E-state index contributed by atoms with van der Waals surface area (Å²) in [4.78, 5) is 36.5. The molecule has 3 rings (SSSR count). The number of hydrogen-bond donors (Lipinski definition) is 4. The Morgan fingerprint density at radius 3 is 2.33 bits per heavy atom. The molecule has 2 aromatic carbocycles. The molecule has 174 valence electrons. The van der Waals surface area contributed by atoms with Crippen LogP contribution in [-0.2, 0) is 9.59 Å². The van der Waals surface area contributed by atoms with Crippen LogP contribution in [0, 0.1) is 0 Å². The highest BCUT2D eigenvalue weighted by Crippen LogP contribution is 2.30. The monoisotopic (exact) mass is 467 g/mol. The third-order valence-corrected chi connectivity index (χ3v) is 5.63. The molecule has 0 saturated carbocycles. The van der Waals surface area contributed by atoms with Crippen LogP contribution in [0.15, 0.2) is 60.0 Å². The first-order valence-corrected chi connectivity index (χ1v) is 11.2. The van der Waals surface area contributed by atoms with Gasteiger partial charge in [-0.2, -0.15) is 0 Å². The Balaban J connectivity index is 0.000000890. The Morgan fingerprint density at radius 1 is 1.09 bits per heavy atom. The Morgan fingerprint density at radius 2 is 1.79 bits per heavy atom. The molecule has 0 atom stereocenters. The standard InChI is InChI=1S/C22H24N4O2S.C2H5NO/c1-3-26(14-21(27)24-2)17-9-6-15(7-10-17)22(28)25-19-13-16(8-11-18(19)23)20-5-4-12-29-20;1-3-2-4/h4-13H,3,14,23H2,1-2H3,(H,24,27)(H,25,28);2H,1H3,(H,3,4). The molecule has 33 heavy (non-hydrogen) atoms. The first-order chi connectivity index (χ1) is 15.9. The summed E-state index contributed by atoms with van der Waals surface area (Å²) in [6.45, 7) is 2.93. The molecule has 0 saturated heterocycles. The van der Waals surface area contributed by atoms with Crippen molar-refractivity contribution in [2.45, 2.75) is 6.92 Å². The highest BCUT2D eigenvalue weighted by molar-refractivity contribution is 7.13. The second-order valence-electron chi connectivity index (χ2n) is 6.87. The second kappa shape index (κ2) is 12.9. The van der Waals surface area contributed by atoms with Crippen molar-refractivity contribution in [1.29, 1.82) is 0 Å². The number of nitrogens with zero attached hydrogens (tertiary/aromatic N) is 1. The maximum atomic E-state index is 12.7. The lowest BCUT2D eigenvalue weighted by Gasteiger charge is -2.22. The summed E-state index contributed by atoms with van der Waals surface area (Å²) in [6.07, 6.45) is 0.625. The summed E-state index contributed by atoms with van der Waals surface area (Å²) in [5.41, 5.74) is 9.56. The van der Waals surface area contributed by atoms with Gasteiger partial charge in [0.1, 0.15) is 0 Å². The largest absolute Gasteiger partial charge is 0.397 e. The van der Waals surface area contributed by atoms with Gasteiger partial charge in [-0.1, -0.05) is 12.1 Å². The van der Waals surface area contributed by atoms with E-state index in [2.05, 4.69) is 16.0 Å². The van der Waals surface area contributed by atoms with E-state index in [1.807, 2.05) is 53.6 Å². The minimum atomic E-state index is -0.235. The number of anilines is 3. The number of nitrogen functional groups attached to an aromatic ring is 1. The first kappa shape index (κ1) is 25.4. The summed E-state index contributed by atoms with van der Waals surface area (Å²) in [5, 5.41) is 9.78. The molecule has 0 radical (unpaired) electrons. The van der Waals surface area contributed by atoms with E-state index in [9.17, 15) is 9.59 Å². The molecule has 0 fully saturated rings. The number of rotatable bonds is 8. The van der Waals surface area contributed by atoms with Crippen LogP contribution in [0.4, 0.5) is 17.1 Å². The molecule has 0 aliphatic heterocycles. The highest BCUT2D eigenvalue weighted by Gasteiger charge is 2.12. The fraction of sp³-hybridized carbons (Fsp3) is 0.208. The molecule has 0 spiro atoms. The topological polar surface area (TPSA) is 117 Å². The van der Waals surface area contributed by atoms with Gasteiger partial charge in [0, 0.05) is 36.8 Å². The number of carbonyl (C=O) groups is 3. The van der Waals surface area contributed by atoms with Gasteiger partial charge in [-0.3, -0.25) is 14.4 Å². The van der Waals surface area contributed by atoms with Gasteiger partial charge < -0.3 is 26.6 Å². The zero-order valence-electron chi connectivity index (χ0n) is 18.9. The van der Waals surface area contributed by atoms with Gasteiger partial charge in [0.05, 0.1) is 17.9 Å². The number of thiophene rings is 1. The second-order valence-corrected chi connectivity index (χ2v) is 7.82. The van der Waals surface area contributed by atoms with Gasteiger partial charge in [0.2, 0.25) is 12.3 Å². The molecule has 3 amide bonds. The predicted molar refractivity (Wildman–Crippen MR) is 136 cm³/mol. The van der Waals surface area contributed by atoms with Gasteiger partial charge in [-0.15, -0.1) is 11.3 Å². The number of nitrogens with one attached hydrogen (secondary N) is 3. The van der Waals surface area contributed by atoms with Crippen molar-refractivity contribution in [3.05, 3.63) is 65.5 Å². The van der Waals surface area contributed by atoms with Crippen molar-refractivity contribution in [2.75, 3.05) is 43.1 Å². The van der Waals surface area contributed by atoms with Gasteiger partial charge in [0.15, 0.2) is 0 Å². The molecule has 3 aromatic rings. The molecular formula is C24H29N5O3S. The van der Waals surface area contributed by atoms with E-state index in [1.54, 1.807) is 43.6 Å². The molecular weight excluding hydrogens is 438 g/mol. The van der Waals surface area contributed by atoms with Crippen LogP contribution in [-0.4, -0.2) is 45.4 Å².